The van der Waals surface area contributed by atoms with Crippen molar-refractivity contribution in [3.8, 4) is 5.75 Å². The van der Waals surface area contributed by atoms with Crippen LogP contribution in [0.2, 0.25) is 0 Å². The molecule has 6 heteroatoms. The molecule has 2 aliphatic heterocycles. The molecule has 2 saturated heterocycles. The lowest BCUT2D eigenvalue weighted by Gasteiger charge is -2.51. The Bertz CT molecular complexity index is 739. The Morgan fingerprint density at radius 1 is 1.03 bits per heavy atom. The van der Waals surface area contributed by atoms with Crippen LogP contribution in [0.1, 0.15) is 70.9 Å². The summed E-state index contributed by atoms with van der Waals surface area (Å²) in [5.74, 6) is 0.333. The zero-order valence-electron chi connectivity index (χ0n) is 18.7. The first-order valence-electron chi connectivity index (χ1n) is 11.2. The van der Waals surface area contributed by atoms with Crippen molar-refractivity contribution in [1.82, 2.24) is 4.90 Å². The number of benzene rings is 1. The lowest BCUT2D eigenvalue weighted by atomic mass is 9.77. The molecule has 3 fully saturated rings. The third-order valence-electron chi connectivity index (χ3n) is 6.99. The molecule has 0 bridgehead atoms. The predicted molar refractivity (Wildman–Crippen MR) is 113 cm³/mol. The van der Waals surface area contributed by atoms with E-state index in [1.807, 2.05) is 29.2 Å². The molecular formula is C24H35NO5. The largest absolute Gasteiger partial charge is 0.497 e. The van der Waals surface area contributed by atoms with Crippen molar-refractivity contribution in [2.24, 2.45) is 5.41 Å². The van der Waals surface area contributed by atoms with E-state index in [4.69, 9.17) is 18.9 Å². The maximum absolute atomic E-state index is 13.0. The molecule has 3 aliphatic rings. The minimum Gasteiger partial charge on any atom is -0.497 e. The van der Waals surface area contributed by atoms with Gasteiger partial charge in [-0.3, -0.25) is 0 Å². The molecule has 1 aromatic rings. The summed E-state index contributed by atoms with van der Waals surface area (Å²) in [7, 11) is 1.66. The van der Waals surface area contributed by atoms with Gasteiger partial charge < -0.3 is 23.8 Å². The molecule has 0 radical (unpaired) electrons. The summed E-state index contributed by atoms with van der Waals surface area (Å²) >= 11 is 0. The fourth-order valence-corrected chi connectivity index (χ4v) is 4.92. The number of hydrogen-bond acceptors (Lipinski definition) is 5. The molecule has 2 spiro atoms. The van der Waals surface area contributed by atoms with Crippen LogP contribution in [0.15, 0.2) is 24.3 Å². The Balaban J connectivity index is 1.39. The molecule has 6 nitrogen and oxygen atoms in total. The lowest BCUT2D eigenvalue weighted by molar-refractivity contribution is -0.320. The smallest absolute Gasteiger partial charge is 0.410 e. The maximum Gasteiger partial charge on any atom is 0.410 e. The van der Waals surface area contributed by atoms with E-state index >= 15 is 0 Å². The molecule has 166 valence electrons. The molecule has 1 saturated carbocycles. The Labute approximate surface area is 179 Å². The van der Waals surface area contributed by atoms with Gasteiger partial charge in [-0.1, -0.05) is 32.9 Å². The fourth-order valence-electron chi connectivity index (χ4n) is 4.92. The number of rotatable bonds is 4. The molecule has 0 aromatic heterocycles. The first-order chi connectivity index (χ1) is 14.3. The van der Waals surface area contributed by atoms with Crippen molar-refractivity contribution >= 4 is 6.09 Å². The van der Waals surface area contributed by atoms with Crippen molar-refractivity contribution in [1.29, 1.82) is 0 Å². The topological polar surface area (TPSA) is 57.2 Å². The average molecular weight is 418 g/mol. The number of methoxy groups -OCH3 is 1. The van der Waals surface area contributed by atoms with Gasteiger partial charge in [-0.05, 0) is 37.0 Å². The summed E-state index contributed by atoms with van der Waals surface area (Å²) in [4.78, 5) is 14.9. The van der Waals surface area contributed by atoms with E-state index in [0.717, 1.165) is 49.8 Å². The molecule has 30 heavy (non-hydrogen) atoms. The van der Waals surface area contributed by atoms with Crippen LogP contribution in [0.4, 0.5) is 4.79 Å². The number of carbonyl (C=O) groups is 1. The van der Waals surface area contributed by atoms with E-state index in [1.165, 1.54) is 0 Å². The summed E-state index contributed by atoms with van der Waals surface area (Å²) in [6, 6.07) is 7.98. The van der Waals surface area contributed by atoms with Gasteiger partial charge in [0, 0.05) is 31.2 Å². The third-order valence-corrected chi connectivity index (χ3v) is 6.99. The average Bonchev–Trinajstić information content (AvgIpc) is 2.75. The van der Waals surface area contributed by atoms with Gasteiger partial charge in [0.05, 0.1) is 26.4 Å². The van der Waals surface area contributed by atoms with Gasteiger partial charge in [0.25, 0.3) is 0 Å². The molecule has 1 atom stereocenters. The van der Waals surface area contributed by atoms with Crippen molar-refractivity contribution in [2.75, 3.05) is 26.9 Å². The quantitative estimate of drug-likeness (QED) is 0.684. The van der Waals surface area contributed by atoms with Gasteiger partial charge in [-0.25, -0.2) is 4.79 Å². The predicted octanol–water partition coefficient (Wildman–Crippen LogP) is 5.07. The number of amides is 1. The minimum absolute atomic E-state index is 0.0166. The Hall–Kier alpha value is -1.79. The summed E-state index contributed by atoms with van der Waals surface area (Å²) in [5.41, 5.74) is 0.798. The number of ether oxygens (including phenoxy) is 4. The number of hydrogen-bond donors (Lipinski definition) is 0. The highest BCUT2D eigenvalue weighted by Crippen LogP contribution is 2.47. The van der Waals surface area contributed by atoms with Crippen LogP contribution in [0, 0.1) is 5.41 Å². The van der Waals surface area contributed by atoms with Crippen LogP contribution < -0.4 is 4.74 Å². The van der Waals surface area contributed by atoms with E-state index in [9.17, 15) is 4.79 Å². The summed E-state index contributed by atoms with van der Waals surface area (Å²) in [5, 5.41) is 0. The van der Waals surface area contributed by atoms with Gasteiger partial charge in [-0.15, -0.1) is 0 Å². The van der Waals surface area contributed by atoms with Crippen molar-refractivity contribution < 1.29 is 23.7 Å². The Morgan fingerprint density at radius 2 is 1.67 bits per heavy atom. The second-order valence-corrected chi connectivity index (χ2v) is 9.84. The van der Waals surface area contributed by atoms with Gasteiger partial charge >= 0.3 is 6.09 Å². The Morgan fingerprint density at radius 3 is 2.20 bits per heavy atom. The molecule has 1 aliphatic carbocycles. The van der Waals surface area contributed by atoms with E-state index in [2.05, 4.69) is 20.8 Å². The van der Waals surface area contributed by atoms with Crippen molar-refractivity contribution in [3.05, 3.63) is 29.8 Å². The standard InChI is InChI=1S/C24H35NO5/c1-5-20(18-6-8-19(27-4)9-7-18)25-15-14-23(30-21(25)26)10-12-24(13-11-23)28-16-22(2,3)17-29-24/h6-9,20H,5,10-17H2,1-4H3. The number of carbonyl (C=O) groups excluding carboxylic acids is 1. The zero-order chi connectivity index (χ0) is 21.4. The van der Waals surface area contributed by atoms with Crippen LogP contribution >= 0.6 is 0 Å². The van der Waals surface area contributed by atoms with Crippen LogP contribution in [-0.4, -0.2) is 49.2 Å². The maximum atomic E-state index is 13.0. The van der Waals surface area contributed by atoms with E-state index in [-0.39, 0.29) is 23.2 Å². The van der Waals surface area contributed by atoms with Crippen LogP contribution in [0.3, 0.4) is 0 Å². The Kier molecular flexibility index (Phi) is 5.75. The van der Waals surface area contributed by atoms with Gasteiger partial charge in [0.15, 0.2) is 5.79 Å². The highest BCUT2D eigenvalue weighted by molar-refractivity contribution is 5.70. The minimum atomic E-state index is -0.487. The number of nitrogens with zero attached hydrogens (tertiary/aromatic N) is 1. The van der Waals surface area contributed by atoms with E-state index in [1.54, 1.807) is 7.11 Å². The van der Waals surface area contributed by atoms with Crippen molar-refractivity contribution in [3.63, 3.8) is 0 Å². The lowest BCUT2D eigenvalue weighted by Crippen LogP contribution is -2.57. The molecule has 1 aromatic carbocycles. The highest BCUT2D eigenvalue weighted by atomic mass is 16.7. The van der Waals surface area contributed by atoms with Crippen LogP contribution in [-0.2, 0) is 14.2 Å². The van der Waals surface area contributed by atoms with E-state index < -0.39 is 5.79 Å². The fraction of sp³-hybridized carbons (Fsp3) is 0.708. The van der Waals surface area contributed by atoms with E-state index in [0.29, 0.717) is 19.8 Å². The van der Waals surface area contributed by atoms with Gasteiger partial charge in [0.2, 0.25) is 0 Å². The summed E-state index contributed by atoms with van der Waals surface area (Å²) in [6.07, 6.45) is 4.66. The molecular weight excluding hydrogens is 382 g/mol. The monoisotopic (exact) mass is 417 g/mol. The third kappa shape index (κ3) is 4.17. The molecule has 2 heterocycles. The summed E-state index contributed by atoms with van der Waals surface area (Å²) in [6.45, 7) is 8.58. The van der Waals surface area contributed by atoms with Crippen LogP contribution in [0.5, 0.6) is 5.75 Å². The zero-order valence-corrected chi connectivity index (χ0v) is 18.7. The first-order valence-corrected chi connectivity index (χ1v) is 11.2. The molecule has 1 amide bonds. The highest BCUT2D eigenvalue weighted by Gasteiger charge is 2.51. The second-order valence-electron chi connectivity index (χ2n) is 9.84. The van der Waals surface area contributed by atoms with Crippen LogP contribution in [0.25, 0.3) is 0 Å². The van der Waals surface area contributed by atoms with Gasteiger partial charge in [-0.2, -0.15) is 0 Å². The molecule has 0 N–H and O–H groups in total. The first kappa shape index (κ1) is 21.4. The molecule has 4 rings (SSSR count). The SMILES string of the molecule is CCC(c1ccc(OC)cc1)N1CCC2(CCC3(CC2)OCC(C)(C)CO3)OC1=O. The van der Waals surface area contributed by atoms with Crippen molar-refractivity contribution in [2.45, 2.75) is 76.7 Å². The van der Waals surface area contributed by atoms with Gasteiger partial charge in [0.1, 0.15) is 11.4 Å². The molecule has 1 unspecified atom stereocenters. The normalized spacial score (nSPS) is 25.7. The summed E-state index contributed by atoms with van der Waals surface area (Å²) < 4.78 is 23.7. The second kappa shape index (κ2) is 8.04.